The van der Waals surface area contributed by atoms with Gasteiger partial charge in [-0.3, -0.25) is 0 Å². The molecule has 1 aliphatic carbocycles. The molecule has 0 aromatic carbocycles. The first-order valence-electron chi connectivity index (χ1n) is 7.49. The molecule has 6 nitrogen and oxygen atoms in total. The second-order valence-electron chi connectivity index (χ2n) is 5.92. The zero-order chi connectivity index (χ0) is 16.9. The summed E-state index contributed by atoms with van der Waals surface area (Å²) in [7, 11) is 0. The lowest BCUT2D eigenvalue weighted by Crippen LogP contribution is -2.63. The summed E-state index contributed by atoms with van der Waals surface area (Å²) in [6.07, 6.45) is 3.25. The van der Waals surface area contributed by atoms with Gasteiger partial charge in [0.25, 0.3) is 5.79 Å². The van der Waals surface area contributed by atoms with E-state index in [1.54, 1.807) is 0 Å². The van der Waals surface area contributed by atoms with Crippen LogP contribution in [-0.4, -0.2) is 23.9 Å². The van der Waals surface area contributed by atoms with Crippen molar-refractivity contribution < 1.29 is 19.1 Å². The summed E-state index contributed by atoms with van der Waals surface area (Å²) in [5, 5.41) is 0. The van der Waals surface area contributed by atoms with Gasteiger partial charge in [-0.2, -0.15) is 0 Å². The Labute approximate surface area is 131 Å². The lowest BCUT2D eigenvalue weighted by molar-refractivity contribution is -0.255. The molecule has 124 valence electrons. The van der Waals surface area contributed by atoms with Gasteiger partial charge in [0.2, 0.25) is 0 Å². The van der Waals surface area contributed by atoms with E-state index in [2.05, 4.69) is 13.2 Å². The molecule has 0 saturated heterocycles. The summed E-state index contributed by atoms with van der Waals surface area (Å²) in [4.78, 5) is 24.0. The first kappa shape index (κ1) is 18.4. The SMILES string of the molecule is C=C(C)C(=O)OC(OC(=O)C(=C)C)(C(N)N)C1CCCCC1. The van der Waals surface area contributed by atoms with Crippen molar-refractivity contribution in [3.05, 3.63) is 24.3 Å². The van der Waals surface area contributed by atoms with Gasteiger partial charge in [0.15, 0.2) is 0 Å². The molecule has 1 rings (SSSR count). The van der Waals surface area contributed by atoms with E-state index in [0.717, 1.165) is 32.1 Å². The fourth-order valence-electron chi connectivity index (χ4n) is 2.56. The summed E-state index contributed by atoms with van der Waals surface area (Å²) >= 11 is 0. The largest absolute Gasteiger partial charge is 0.416 e. The van der Waals surface area contributed by atoms with Gasteiger partial charge in [-0.25, -0.2) is 9.59 Å². The summed E-state index contributed by atoms with van der Waals surface area (Å²) in [6, 6.07) is 0. The van der Waals surface area contributed by atoms with E-state index in [4.69, 9.17) is 20.9 Å². The Morgan fingerprint density at radius 1 is 1.00 bits per heavy atom. The highest BCUT2D eigenvalue weighted by atomic mass is 16.7. The minimum Gasteiger partial charge on any atom is -0.416 e. The number of hydrogen-bond acceptors (Lipinski definition) is 6. The Bertz CT molecular complexity index is 437. The third-order valence-corrected chi connectivity index (χ3v) is 3.84. The van der Waals surface area contributed by atoms with E-state index >= 15 is 0 Å². The van der Waals surface area contributed by atoms with Crippen LogP contribution >= 0.6 is 0 Å². The molecule has 0 spiro atoms. The molecule has 1 aliphatic rings. The van der Waals surface area contributed by atoms with Crippen LogP contribution in [0.4, 0.5) is 0 Å². The van der Waals surface area contributed by atoms with Crippen LogP contribution < -0.4 is 11.5 Å². The van der Waals surface area contributed by atoms with E-state index in [0.29, 0.717) is 0 Å². The number of carbonyl (C=O) groups is 2. The van der Waals surface area contributed by atoms with E-state index < -0.39 is 23.9 Å². The zero-order valence-electron chi connectivity index (χ0n) is 13.4. The Kier molecular flexibility index (Phi) is 6.32. The van der Waals surface area contributed by atoms with Crippen molar-refractivity contribution in [1.29, 1.82) is 0 Å². The summed E-state index contributed by atoms with van der Waals surface area (Å²) in [6.45, 7) is 10.1. The molecule has 0 heterocycles. The molecular formula is C16H26N2O4. The van der Waals surface area contributed by atoms with E-state index in [1.165, 1.54) is 13.8 Å². The predicted octanol–water partition coefficient (Wildman–Crippen LogP) is 1.75. The second-order valence-corrected chi connectivity index (χ2v) is 5.92. The topological polar surface area (TPSA) is 105 Å². The van der Waals surface area contributed by atoms with Gasteiger partial charge in [0.1, 0.15) is 6.17 Å². The van der Waals surface area contributed by atoms with Crippen molar-refractivity contribution >= 4 is 11.9 Å². The lowest BCUT2D eigenvalue weighted by Gasteiger charge is -2.42. The van der Waals surface area contributed by atoms with E-state index in [1.807, 2.05) is 0 Å². The highest BCUT2D eigenvalue weighted by molar-refractivity contribution is 5.89. The van der Waals surface area contributed by atoms with Gasteiger partial charge in [-0.1, -0.05) is 32.4 Å². The Morgan fingerprint density at radius 3 is 1.73 bits per heavy atom. The van der Waals surface area contributed by atoms with Gasteiger partial charge >= 0.3 is 11.9 Å². The standard InChI is InChI=1S/C16H26N2O4/c1-10(2)13(19)21-16(15(17)18,22-14(20)11(3)4)12-8-6-5-7-9-12/h12,15H,1,3,5-9,17-18H2,2,4H3. The molecule has 0 unspecified atom stereocenters. The van der Waals surface area contributed by atoms with Crippen LogP contribution in [0.25, 0.3) is 0 Å². The van der Waals surface area contributed by atoms with Gasteiger partial charge in [-0.15, -0.1) is 0 Å². The fraction of sp³-hybridized carbons (Fsp3) is 0.625. The normalized spacial score (nSPS) is 16.2. The first-order valence-corrected chi connectivity index (χ1v) is 7.49. The van der Waals surface area contributed by atoms with Crippen LogP contribution in [0.5, 0.6) is 0 Å². The summed E-state index contributed by atoms with van der Waals surface area (Å²) in [5.41, 5.74) is 12.1. The summed E-state index contributed by atoms with van der Waals surface area (Å²) < 4.78 is 10.9. The number of ether oxygens (including phenoxy) is 2. The molecule has 0 atom stereocenters. The van der Waals surface area contributed by atoms with Gasteiger partial charge in [0.05, 0.1) is 0 Å². The number of hydrogen-bond donors (Lipinski definition) is 2. The molecule has 1 saturated carbocycles. The highest BCUT2D eigenvalue weighted by Crippen LogP contribution is 2.38. The monoisotopic (exact) mass is 310 g/mol. The molecule has 0 bridgehead atoms. The number of carbonyl (C=O) groups excluding carboxylic acids is 2. The van der Waals surface area contributed by atoms with Gasteiger partial charge in [-0.05, 0) is 26.7 Å². The third kappa shape index (κ3) is 4.18. The molecule has 0 aromatic heterocycles. The van der Waals surface area contributed by atoms with Crippen LogP contribution in [-0.2, 0) is 19.1 Å². The number of rotatable bonds is 6. The molecule has 1 fully saturated rings. The highest BCUT2D eigenvalue weighted by Gasteiger charge is 2.50. The van der Waals surface area contributed by atoms with Crippen molar-refractivity contribution in [2.24, 2.45) is 17.4 Å². The van der Waals surface area contributed by atoms with Crippen molar-refractivity contribution in [3.8, 4) is 0 Å². The van der Waals surface area contributed by atoms with Crippen LogP contribution in [0, 0.1) is 5.92 Å². The van der Waals surface area contributed by atoms with Crippen molar-refractivity contribution in [2.75, 3.05) is 0 Å². The van der Waals surface area contributed by atoms with Crippen molar-refractivity contribution in [2.45, 2.75) is 57.9 Å². The maximum absolute atomic E-state index is 12.0. The Balaban J connectivity index is 3.17. The molecule has 4 N–H and O–H groups in total. The summed E-state index contributed by atoms with van der Waals surface area (Å²) in [5.74, 6) is -3.29. The van der Waals surface area contributed by atoms with Gasteiger partial charge in [0, 0.05) is 17.1 Å². The van der Waals surface area contributed by atoms with Gasteiger partial charge < -0.3 is 20.9 Å². The minimum absolute atomic E-state index is 0.187. The fourth-order valence-corrected chi connectivity index (χ4v) is 2.56. The maximum Gasteiger partial charge on any atom is 0.336 e. The molecule has 22 heavy (non-hydrogen) atoms. The molecule has 0 aromatic rings. The van der Waals surface area contributed by atoms with Crippen LogP contribution in [0.2, 0.25) is 0 Å². The lowest BCUT2D eigenvalue weighted by atomic mass is 9.81. The van der Waals surface area contributed by atoms with Crippen molar-refractivity contribution in [1.82, 2.24) is 0 Å². The Hall–Kier alpha value is -1.66. The quantitative estimate of drug-likeness (QED) is 0.440. The molecule has 6 heteroatoms. The average molecular weight is 310 g/mol. The minimum atomic E-state index is -1.69. The second kappa shape index (κ2) is 7.56. The van der Waals surface area contributed by atoms with Crippen LogP contribution in [0.3, 0.4) is 0 Å². The molecule has 0 amide bonds. The van der Waals surface area contributed by atoms with Crippen molar-refractivity contribution in [3.63, 3.8) is 0 Å². The third-order valence-electron chi connectivity index (χ3n) is 3.84. The van der Waals surface area contributed by atoms with E-state index in [-0.39, 0.29) is 17.1 Å². The maximum atomic E-state index is 12.0. The van der Waals surface area contributed by atoms with Crippen LogP contribution in [0.1, 0.15) is 46.0 Å². The molecule has 0 radical (unpaired) electrons. The number of nitrogens with two attached hydrogens (primary N) is 2. The Morgan fingerprint density at radius 2 is 1.41 bits per heavy atom. The molecule has 0 aliphatic heterocycles. The first-order chi connectivity index (χ1) is 10.2. The predicted molar refractivity (Wildman–Crippen MR) is 83.3 cm³/mol. The van der Waals surface area contributed by atoms with E-state index in [9.17, 15) is 9.59 Å². The van der Waals surface area contributed by atoms with Crippen LogP contribution in [0.15, 0.2) is 24.3 Å². The molecular weight excluding hydrogens is 284 g/mol. The smallest absolute Gasteiger partial charge is 0.336 e. The average Bonchev–Trinajstić information content (AvgIpc) is 2.46. The number of esters is 2. The zero-order valence-corrected chi connectivity index (χ0v) is 13.4.